The lowest BCUT2D eigenvalue weighted by Crippen LogP contribution is -2.33. The van der Waals surface area contributed by atoms with Crippen molar-refractivity contribution in [1.82, 2.24) is 5.32 Å². The lowest BCUT2D eigenvalue weighted by molar-refractivity contribution is -0.117. The summed E-state index contributed by atoms with van der Waals surface area (Å²) >= 11 is 3.45. The van der Waals surface area contributed by atoms with Gasteiger partial charge in [-0.05, 0) is 49.6 Å². The molecular weight excluding hydrogens is 416 g/mol. The van der Waals surface area contributed by atoms with E-state index < -0.39 is 0 Å². The quantitative estimate of drug-likeness (QED) is 0.491. The summed E-state index contributed by atoms with van der Waals surface area (Å²) < 4.78 is 6.84. The summed E-state index contributed by atoms with van der Waals surface area (Å²) in [5.41, 5.74) is 3.02. The number of ether oxygens (including phenoxy) is 1. The molecule has 1 amide bonds. The summed E-state index contributed by atoms with van der Waals surface area (Å²) in [4.78, 5) is 12.5. The van der Waals surface area contributed by atoms with Crippen LogP contribution < -0.4 is 10.1 Å². The number of nitriles is 1. The summed E-state index contributed by atoms with van der Waals surface area (Å²) in [5.74, 6) is 0.310. The minimum absolute atomic E-state index is 0.0883. The summed E-state index contributed by atoms with van der Waals surface area (Å²) in [5, 5.41) is 12.5. The Bertz CT molecular complexity index is 924. The highest BCUT2D eigenvalue weighted by Crippen LogP contribution is 2.27. The Balaban J connectivity index is 1.79. The predicted molar refractivity (Wildman–Crippen MR) is 114 cm³/mol. The zero-order valence-corrected chi connectivity index (χ0v) is 17.5. The summed E-state index contributed by atoms with van der Waals surface area (Å²) in [6.45, 7) is 2.46. The van der Waals surface area contributed by atoms with E-state index in [9.17, 15) is 10.1 Å². The highest BCUT2D eigenvalue weighted by Gasteiger charge is 2.19. The predicted octanol–water partition coefficient (Wildman–Crippen LogP) is 5.30. The minimum atomic E-state index is -0.320. The molecule has 4 nitrogen and oxygen atoms in total. The molecule has 0 spiro atoms. The summed E-state index contributed by atoms with van der Waals surface area (Å²) in [6, 6.07) is 15.9. The SMILES string of the molecule is Cc1cccc(COc2ccc(Br)cc2/C=C(\C#N)C(=O)NC2CCCC2)c1. The van der Waals surface area contributed by atoms with E-state index in [2.05, 4.69) is 27.3 Å². The van der Waals surface area contributed by atoms with Gasteiger partial charge >= 0.3 is 0 Å². The fourth-order valence-electron chi connectivity index (χ4n) is 3.36. The van der Waals surface area contributed by atoms with Crippen molar-refractivity contribution in [1.29, 1.82) is 5.26 Å². The molecule has 28 heavy (non-hydrogen) atoms. The van der Waals surface area contributed by atoms with Gasteiger partial charge in [0.05, 0.1) is 0 Å². The third kappa shape index (κ3) is 5.46. The van der Waals surface area contributed by atoms with Crippen molar-refractivity contribution in [2.24, 2.45) is 0 Å². The highest BCUT2D eigenvalue weighted by molar-refractivity contribution is 9.10. The minimum Gasteiger partial charge on any atom is -0.488 e. The number of halogens is 1. The number of benzene rings is 2. The molecule has 0 heterocycles. The zero-order valence-electron chi connectivity index (χ0n) is 15.9. The maximum Gasteiger partial charge on any atom is 0.262 e. The molecule has 0 bridgehead atoms. The van der Waals surface area contributed by atoms with Crippen molar-refractivity contribution in [2.45, 2.75) is 45.3 Å². The van der Waals surface area contributed by atoms with Gasteiger partial charge in [-0.25, -0.2) is 0 Å². The second kappa shape index (κ2) is 9.57. The fraction of sp³-hybridized carbons (Fsp3) is 0.304. The van der Waals surface area contributed by atoms with E-state index in [1.54, 1.807) is 6.08 Å². The molecule has 144 valence electrons. The Kier molecular flexibility index (Phi) is 6.89. The molecule has 1 saturated carbocycles. The molecule has 1 aliphatic rings. The van der Waals surface area contributed by atoms with E-state index in [4.69, 9.17) is 4.74 Å². The highest BCUT2D eigenvalue weighted by atomic mass is 79.9. The van der Waals surface area contributed by atoms with Gasteiger partial charge in [0, 0.05) is 16.1 Å². The van der Waals surface area contributed by atoms with Gasteiger partial charge in [0.15, 0.2) is 0 Å². The van der Waals surface area contributed by atoms with E-state index >= 15 is 0 Å². The van der Waals surface area contributed by atoms with Crippen LogP contribution in [0.1, 0.15) is 42.4 Å². The zero-order chi connectivity index (χ0) is 19.9. The number of nitrogens with zero attached hydrogens (tertiary/aromatic N) is 1. The van der Waals surface area contributed by atoms with Crippen LogP contribution in [-0.4, -0.2) is 11.9 Å². The van der Waals surface area contributed by atoms with Crippen LogP contribution in [0.15, 0.2) is 52.5 Å². The smallest absolute Gasteiger partial charge is 0.262 e. The van der Waals surface area contributed by atoms with Crippen LogP contribution in [0.5, 0.6) is 5.75 Å². The van der Waals surface area contributed by atoms with Gasteiger partial charge in [0.1, 0.15) is 24.0 Å². The molecule has 1 fully saturated rings. The molecule has 0 atom stereocenters. The van der Waals surface area contributed by atoms with Gasteiger partial charge in [-0.2, -0.15) is 5.26 Å². The second-order valence-electron chi connectivity index (χ2n) is 7.08. The van der Waals surface area contributed by atoms with Gasteiger partial charge in [-0.1, -0.05) is 58.6 Å². The van der Waals surface area contributed by atoms with Crippen molar-refractivity contribution >= 4 is 27.9 Å². The van der Waals surface area contributed by atoms with Crippen LogP contribution in [0.3, 0.4) is 0 Å². The molecule has 0 saturated heterocycles. The van der Waals surface area contributed by atoms with E-state index in [0.29, 0.717) is 17.9 Å². The van der Waals surface area contributed by atoms with Crippen molar-refractivity contribution < 1.29 is 9.53 Å². The third-order valence-corrected chi connectivity index (χ3v) is 5.30. The number of nitrogens with one attached hydrogen (secondary N) is 1. The Morgan fingerprint density at radius 2 is 2.07 bits per heavy atom. The number of carbonyl (C=O) groups is 1. The normalized spacial score (nSPS) is 14.5. The molecule has 2 aromatic carbocycles. The number of rotatable bonds is 6. The largest absolute Gasteiger partial charge is 0.488 e. The first-order valence-corrected chi connectivity index (χ1v) is 10.2. The van der Waals surface area contributed by atoms with Gasteiger partial charge < -0.3 is 10.1 Å². The molecule has 2 aromatic rings. The van der Waals surface area contributed by atoms with Crippen LogP contribution >= 0.6 is 15.9 Å². The Morgan fingerprint density at radius 1 is 1.29 bits per heavy atom. The summed E-state index contributed by atoms with van der Waals surface area (Å²) in [6.07, 6.45) is 5.80. The van der Waals surface area contributed by atoms with Gasteiger partial charge in [-0.3, -0.25) is 4.79 Å². The maximum atomic E-state index is 12.5. The van der Waals surface area contributed by atoms with Crippen molar-refractivity contribution in [3.63, 3.8) is 0 Å². The standard InChI is InChI=1S/C23H23BrN2O2/c1-16-5-4-6-17(11-16)15-28-22-10-9-20(24)13-18(22)12-19(14-25)23(27)26-21-7-2-3-8-21/h4-6,9-13,21H,2-3,7-8,15H2,1H3,(H,26,27)/b19-12+. The van der Waals surface area contributed by atoms with Crippen molar-refractivity contribution in [2.75, 3.05) is 0 Å². The van der Waals surface area contributed by atoms with E-state index in [1.807, 2.05) is 49.4 Å². The molecule has 1 aliphatic carbocycles. The van der Waals surface area contributed by atoms with Crippen LogP contribution in [0.4, 0.5) is 0 Å². The second-order valence-corrected chi connectivity index (χ2v) is 8.00. The Labute approximate surface area is 174 Å². The molecule has 0 unspecified atom stereocenters. The summed E-state index contributed by atoms with van der Waals surface area (Å²) in [7, 11) is 0. The number of amides is 1. The molecule has 3 rings (SSSR count). The van der Waals surface area contributed by atoms with E-state index in [0.717, 1.165) is 35.7 Å². The maximum absolute atomic E-state index is 12.5. The number of hydrogen-bond acceptors (Lipinski definition) is 3. The van der Waals surface area contributed by atoms with Crippen LogP contribution in [0.25, 0.3) is 6.08 Å². The first-order chi connectivity index (χ1) is 13.5. The molecule has 0 aliphatic heterocycles. The molecule has 0 aromatic heterocycles. The lowest BCUT2D eigenvalue weighted by Gasteiger charge is -2.13. The van der Waals surface area contributed by atoms with E-state index in [-0.39, 0.29) is 17.5 Å². The first kappa shape index (κ1) is 20.2. The molecular formula is C23H23BrN2O2. The number of carbonyl (C=O) groups excluding carboxylic acids is 1. The van der Waals surface area contributed by atoms with Crippen LogP contribution in [0.2, 0.25) is 0 Å². The molecule has 1 N–H and O–H groups in total. The van der Waals surface area contributed by atoms with E-state index in [1.165, 1.54) is 5.56 Å². The van der Waals surface area contributed by atoms with Gasteiger partial charge in [0.25, 0.3) is 5.91 Å². The monoisotopic (exact) mass is 438 g/mol. The average Bonchev–Trinajstić information content (AvgIpc) is 3.18. The number of hydrogen-bond donors (Lipinski definition) is 1. The third-order valence-electron chi connectivity index (χ3n) is 4.80. The average molecular weight is 439 g/mol. The fourth-order valence-corrected chi connectivity index (χ4v) is 3.74. The van der Waals surface area contributed by atoms with Gasteiger partial charge in [-0.15, -0.1) is 0 Å². The molecule has 5 heteroatoms. The van der Waals surface area contributed by atoms with Crippen LogP contribution in [0, 0.1) is 18.3 Å². The van der Waals surface area contributed by atoms with Crippen molar-refractivity contribution in [3.05, 3.63) is 69.2 Å². The Morgan fingerprint density at radius 3 is 2.79 bits per heavy atom. The Hall–Kier alpha value is -2.58. The van der Waals surface area contributed by atoms with Gasteiger partial charge in [0.2, 0.25) is 0 Å². The molecule has 0 radical (unpaired) electrons. The number of aryl methyl sites for hydroxylation is 1. The lowest BCUT2D eigenvalue weighted by atomic mass is 10.1. The van der Waals surface area contributed by atoms with Crippen molar-refractivity contribution in [3.8, 4) is 11.8 Å². The topological polar surface area (TPSA) is 62.1 Å². The first-order valence-electron chi connectivity index (χ1n) is 9.45. The van der Waals surface area contributed by atoms with Crippen LogP contribution in [-0.2, 0) is 11.4 Å².